The van der Waals surface area contributed by atoms with Crippen molar-refractivity contribution < 1.29 is 43.6 Å². The molecule has 3 amide bonds. The van der Waals surface area contributed by atoms with Crippen molar-refractivity contribution in [1.82, 2.24) is 10.2 Å². The molecule has 0 saturated carbocycles. The van der Waals surface area contributed by atoms with Crippen LogP contribution in [0.5, 0.6) is 0 Å². The first kappa shape index (κ1) is 25.0. The van der Waals surface area contributed by atoms with Crippen LogP contribution < -0.4 is 11.1 Å². The van der Waals surface area contributed by atoms with Gasteiger partial charge in [-0.15, -0.1) is 11.8 Å². The van der Waals surface area contributed by atoms with Crippen LogP contribution in [-0.2, 0) is 33.4 Å². The molecule has 0 aromatic rings. The number of aliphatic hydroxyl groups is 2. The smallest absolute Gasteiger partial charge is 0.242 e. The molecule has 2 unspecified atom stereocenters. The molecule has 3 aliphatic rings. The summed E-state index contributed by atoms with van der Waals surface area (Å²) in [5, 5.41) is 22.8. The number of thioether (sulfide) groups is 1. The third-order valence-corrected chi connectivity index (χ3v) is 7.07. The predicted octanol–water partition coefficient (Wildman–Crippen LogP) is -2.87. The van der Waals surface area contributed by atoms with E-state index in [-0.39, 0.29) is 56.1 Å². The highest BCUT2D eigenvalue weighted by Gasteiger charge is 2.59. The van der Waals surface area contributed by atoms with Crippen molar-refractivity contribution in [1.29, 1.82) is 0 Å². The van der Waals surface area contributed by atoms with Crippen LogP contribution in [0.2, 0.25) is 0 Å². The molecule has 3 saturated heterocycles. The minimum Gasteiger partial charge on any atom is -0.388 e. The van der Waals surface area contributed by atoms with E-state index in [1.807, 2.05) is 0 Å². The molecular weight excluding hydrogens is 446 g/mol. The molecule has 3 aliphatic heterocycles. The number of nitrogens with two attached hydrogens (primary N) is 1. The molecule has 0 aromatic heterocycles. The number of aliphatic hydroxyl groups excluding tert-OH is 2. The molecule has 0 aromatic carbocycles. The summed E-state index contributed by atoms with van der Waals surface area (Å²) in [6.07, 6.45) is -3.59. The van der Waals surface area contributed by atoms with Crippen molar-refractivity contribution in [2.24, 2.45) is 5.73 Å². The highest BCUT2D eigenvalue weighted by Crippen LogP contribution is 2.37. The van der Waals surface area contributed by atoms with E-state index >= 15 is 0 Å². The summed E-state index contributed by atoms with van der Waals surface area (Å²) in [5.74, 6) is -1.02. The Balaban J connectivity index is 1.47. The fourth-order valence-corrected chi connectivity index (χ4v) is 5.03. The van der Waals surface area contributed by atoms with Gasteiger partial charge >= 0.3 is 0 Å². The van der Waals surface area contributed by atoms with Crippen LogP contribution in [0.4, 0.5) is 0 Å². The summed E-state index contributed by atoms with van der Waals surface area (Å²) in [6.45, 7) is 2.47. The first-order valence-electron chi connectivity index (χ1n) is 10.3. The maximum atomic E-state index is 12.5. The highest BCUT2D eigenvalue weighted by atomic mass is 32.2. The van der Waals surface area contributed by atoms with Crippen LogP contribution in [-0.4, -0.2) is 112 Å². The summed E-state index contributed by atoms with van der Waals surface area (Å²) < 4.78 is 16.8. The van der Waals surface area contributed by atoms with Crippen LogP contribution in [0.1, 0.15) is 20.3 Å². The van der Waals surface area contributed by atoms with E-state index in [1.54, 1.807) is 0 Å². The lowest BCUT2D eigenvalue weighted by atomic mass is 9.88. The molecule has 2 bridgehead atoms. The minimum absolute atomic E-state index is 0.00442. The lowest BCUT2D eigenvalue weighted by Crippen LogP contribution is -2.66. The molecule has 7 atom stereocenters. The van der Waals surface area contributed by atoms with Gasteiger partial charge < -0.3 is 35.5 Å². The molecule has 0 radical (unpaired) electrons. The first-order chi connectivity index (χ1) is 15.1. The van der Waals surface area contributed by atoms with Gasteiger partial charge in [-0.1, -0.05) is 0 Å². The van der Waals surface area contributed by atoms with Gasteiger partial charge in [0.1, 0.15) is 29.6 Å². The van der Waals surface area contributed by atoms with E-state index in [0.717, 1.165) is 4.90 Å². The molecule has 12 nitrogen and oxygen atoms in total. The van der Waals surface area contributed by atoms with Crippen molar-refractivity contribution in [3.63, 3.8) is 0 Å². The van der Waals surface area contributed by atoms with Gasteiger partial charge in [-0.3, -0.25) is 24.1 Å². The number of Topliss-reactive ketones (excluding diaryl/α,β-unsaturated/α-hetero) is 1. The molecule has 32 heavy (non-hydrogen) atoms. The monoisotopic (exact) mass is 475 g/mol. The van der Waals surface area contributed by atoms with Gasteiger partial charge in [-0.25, -0.2) is 0 Å². The maximum Gasteiger partial charge on any atom is 0.242 e. The van der Waals surface area contributed by atoms with Gasteiger partial charge in [0.15, 0.2) is 6.29 Å². The second-order valence-electron chi connectivity index (χ2n) is 8.20. The van der Waals surface area contributed by atoms with Gasteiger partial charge in [0.2, 0.25) is 17.7 Å². The molecule has 13 heteroatoms. The Morgan fingerprint density at radius 1 is 1.38 bits per heavy atom. The number of carbonyl (C=O) groups excluding carboxylic acids is 4. The fraction of sp³-hybridized carbons (Fsp3) is 0.789. The molecule has 3 heterocycles. The number of hydrogen-bond donors (Lipinski definition) is 4. The summed E-state index contributed by atoms with van der Waals surface area (Å²) in [6, 6.07) is -1.59. The number of nitrogens with zero attached hydrogens (tertiary/aromatic N) is 1. The van der Waals surface area contributed by atoms with Gasteiger partial charge in [0, 0.05) is 19.1 Å². The molecule has 5 N–H and O–H groups in total. The predicted molar refractivity (Wildman–Crippen MR) is 110 cm³/mol. The quantitative estimate of drug-likeness (QED) is 0.189. The third-order valence-electron chi connectivity index (χ3n) is 5.74. The van der Waals surface area contributed by atoms with Gasteiger partial charge in [-0.2, -0.15) is 0 Å². The van der Waals surface area contributed by atoms with Crippen molar-refractivity contribution in [2.75, 3.05) is 32.1 Å². The van der Waals surface area contributed by atoms with Gasteiger partial charge in [0.05, 0.1) is 37.7 Å². The lowest BCUT2D eigenvalue weighted by molar-refractivity contribution is -0.237. The van der Waals surface area contributed by atoms with Crippen molar-refractivity contribution in [3.05, 3.63) is 0 Å². The summed E-state index contributed by atoms with van der Waals surface area (Å²) >= 11 is 1.19. The largest absolute Gasteiger partial charge is 0.388 e. The van der Waals surface area contributed by atoms with Crippen molar-refractivity contribution >= 4 is 35.3 Å². The molecule has 0 spiro atoms. The Hall–Kier alpha value is -1.61. The summed E-state index contributed by atoms with van der Waals surface area (Å²) in [4.78, 5) is 48.3. The Labute approximate surface area is 189 Å². The standard InChI is InChI=1S/C19H29N3O9S/c1-9(23)11(20)6-32-12-5-13(25)22(17(12)28)3-4-29-7-19-8-30-18(31-19)14(21-10(2)24)15(26)16(19)27/h11-12,14-16,18,26-27H,3-8,20H2,1-2H3,(H,21,24)/t11?,12?,14-,15+,16+,18-,19-/m0/s1. The minimum atomic E-state index is -1.38. The third kappa shape index (κ3) is 5.14. The Kier molecular flexibility index (Phi) is 7.91. The lowest BCUT2D eigenvalue weighted by Gasteiger charge is -2.42. The summed E-state index contributed by atoms with van der Waals surface area (Å²) in [7, 11) is 0. The van der Waals surface area contributed by atoms with Crippen LogP contribution in [0, 0.1) is 0 Å². The second-order valence-corrected chi connectivity index (χ2v) is 9.44. The number of hydrogen-bond acceptors (Lipinski definition) is 11. The normalized spacial score (nSPS) is 35.3. The Morgan fingerprint density at radius 3 is 2.75 bits per heavy atom. The number of amides is 3. The summed E-state index contributed by atoms with van der Waals surface area (Å²) in [5.41, 5.74) is 4.36. The average Bonchev–Trinajstić information content (AvgIpc) is 3.25. The Morgan fingerprint density at radius 2 is 2.09 bits per heavy atom. The van der Waals surface area contributed by atoms with Crippen LogP contribution in [0.3, 0.4) is 0 Å². The highest BCUT2D eigenvalue weighted by molar-refractivity contribution is 8.00. The van der Waals surface area contributed by atoms with Crippen LogP contribution in [0.25, 0.3) is 0 Å². The first-order valence-corrected chi connectivity index (χ1v) is 11.3. The topological polar surface area (TPSA) is 178 Å². The van der Waals surface area contributed by atoms with Crippen LogP contribution >= 0.6 is 11.8 Å². The number of likely N-dealkylation sites (tertiary alicyclic amines) is 1. The maximum absolute atomic E-state index is 12.5. The number of nitrogens with one attached hydrogen (secondary N) is 1. The number of rotatable bonds is 10. The SMILES string of the molecule is CC(=O)N[C@@H]1[C@H]2OC[C@](COCCN3C(=O)CC(SCC(N)C(C)=O)C3=O)(O2)[C@H](O)[C@@H]1O. The number of ketones is 1. The van der Waals surface area contributed by atoms with E-state index in [2.05, 4.69) is 5.32 Å². The van der Waals surface area contributed by atoms with Crippen LogP contribution in [0.15, 0.2) is 0 Å². The van der Waals surface area contributed by atoms with Crippen molar-refractivity contribution in [3.8, 4) is 0 Å². The average molecular weight is 476 g/mol. The fourth-order valence-electron chi connectivity index (χ4n) is 3.83. The van der Waals surface area contributed by atoms with E-state index in [9.17, 15) is 29.4 Å². The zero-order chi connectivity index (χ0) is 23.6. The van der Waals surface area contributed by atoms with Crippen molar-refractivity contribution in [2.45, 2.75) is 61.7 Å². The number of ether oxygens (including phenoxy) is 3. The Bertz CT molecular complexity index is 768. The zero-order valence-electron chi connectivity index (χ0n) is 17.9. The van der Waals surface area contributed by atoms with E-state index in [1.165, 1.54) is 25.6 Å². The molecule has 0 aliphatic carbocycles. The molecule has 180 valence electrons. The van der Waals surface area contributed by atoms with E-state index in [4.69, 9.17) is 19.9 Å². The number of imide groups is 1. The zero-order valence-corrected chi connectivity index (χ0v) is 18.7. The van der Waals surface area contributed by atoms with E-state index < -0.39 is 47.3 Å². The molecule has 3 rings (SSSR count). The molecular formula is C19H29N3O9S. The van der Waals surface area contributed by atoms with E-state index in [0.29, 0.717) is 0 Å². The molecule has 3 fully saturated rings. The van der Waals surface area contributed by atoms with Gasteiger partial charge in [-0.05, 0) is 6.92 Å². The van der Waals surface area contributed by atoms with Gasteiger partial charge in [0.25, 0.3) is 0 Å². The number of fused-ring (bicyclic) bond motifs is 2. The second kappa shape index (κ2) is 10.1. The number of carbonyl (C=O) groups is 4.